The van der Waals surface area contributed by atoms with E-state index in [1.54, 1.807) is 7.11 Å². The van der Waals surface area contributed by atoms with Gasteiger partial charge in [0, 0.05) is 24.1 Å². The molecule has 0 aliphatic rings. The summed E-state index contributed by atoms with van der Waals surface area (Å²) in [6, 6.07) is 16.3. The predicted molar refractivity (Wildman–Crippen MR) is 95.3 cm³/mol. The van der Waals surface area contributed by atoms with Crippen molar-refractivity contribution in [3.63, 3.8) is 0 Å². The third kappa shape index (κ3) is 5.81. The summed E-state index contributed by atoms with van der Waals surface area (Å²) in [5.41, 5.74) is 3.44. The molecule has 0 spiro atoms. The molecule has 0 aliphatic carbocycles. The summed E-state index contributed by atoms with van der Waals surface area (Å²) in [7, 11) is 1.68. The Balaban J connectivity index is 1.98. The molecule has 0 fully saturated rings. The number of hydrogen-bond acceptors (Lipinski definition) is 1. The van der Waals surface area contributed by atoms with Crippen molar-refractivity contribution < 1.29 is 4.74 Å². The highest BCUT2D eigenvalue weighted by Gasteiger charge is 2.05. The lowest BCUT2D eigenvalue weighted by Crippen LogP contribution is -2.06. The van der Waals surface area contributed by atoms with Crippen LogP contribution in [0, 0.1) is 17.3 Å². The van der Waals surface area contributed by atoms with Gasteiger partial charge in [0.25, 0.3) is 0 Å². The first-order chi connectivity index (χ1) is 11.0. The molecular formula is C21H24NO. The average molecular weight is 306 g/mol. The van der Waals surface area contributed by atoms with Crippen LogP contribution in [0.3, 0.4) is 0 Å². The molecule has 0 aromatic heterocycles. The van der Waals surface area contributed by atoms with Gasteiger partial charge in [0.2, 0.25) is 0 Å². The Morgan fingerprint density at radius 3 is 2.30 bits per heavy atom. The fourth-order valence-corrected chi connectivity index (χ4v) is 2.07. The fourth-order valence-electron chi connectivity index (χ4n) is 2.07. The Kier molecular flexibility index (Phi) is 5.84. The third-order valence-electron chi connectivity index (χ3n) is 3.33. The van der Waals surface area contributed by atoms with Crippen LogP contribution in [0.5, 0.6) is 5.75 Å². The van der Waals surface area contributed by atoms with E-state index >= 15 is 0 Å². The van der Waals surface area contributed by atoms with Crippen LogP contribution >= 0.6 is 0 Å². The molecule has 0 unspecified atom stereocenters. The first-order valence-corrected chi connectivity index (χ1v) is 7.85. The van der Waals surface area contributed by atoms with Crippen molar-refractivity contribution in [1.82, 2.24) is 5.32 Å². The molecule has 2 aromatic carbocycles. The van der Waals surface area contributed by atoms with Gasteiger partial charge in [0.05, 0.1) is 7.11 Å². The van der Waals surface area contributed by atoms with E-state index in [0.717, 1.165) is 11.3 Å². The largest absolute Gasteiger partial charge is 0.497 e. The second-order valence-electron chi connectivity index (χ2n) is 6.55. The van der Waals surface area contributed by atoms with Gasteiger partial charge in [-0.2, -0.15) is 0 Å². The molecule has 119 valence electrons. The third-order valence-corrected chi connectivity index (χ3v) is 3.33. The van der Waals surface area contributed by atoms with Gasteiger partial charge >= 0.3 is 0 Å². The number of benzene rings is 2. The van der Waals surface area contributed by atoms with E-state index in [1.807, 2.05) is 36.4 Å². The Morgan fingerprint density at radius 1 is 0.957 bits per heavy atom. The lowest BCUT2D eigenvalue weighted by molar-refractivity contribution is 0.414. The summed E-state index contributed by atoms with van der Waals surface area (Å²) in [6.07, 6.45) is 0. The maximum absolute atomic E-state index is 5.17. The van der Waals surface area contributed by atoms with Crippen LogP contribution in [0.4, 0.5) is 0 Å². The maximum atomic E-state index is 5.17. The molecule has 0 saturated carbocycles. The molecule has 0 amide bonds. The molecule has 2 heteroatoms. The van der Waals surface area contributed by atoms with Crippen molar-refractivity contribution in [3.8, 4) is 17.6 Å². The van der Waals surface area contributed by atoms with E-state index in [9.17, 15) is 0 Å². The Labute approximate surface area is 139 Å². The SMILES string of the molecule is COc1ccc(C[N]Cc2ccccc2C#CC(C)(C)C)cc1. The summed E-state index contributed by atoms with van der Waals surface area (Å²) < 4.78 is 5.17. The molecule has 23 heavy (non-hydrogen) atoms. The van der Waals surface area contributed by atoms with Crippen LogP contribution in [-0.2, 0) is 13.1 Å². The van der Waals surface area contributed by atoms with E-state index < -0.39 is 0 Å². The van der Waals surface area contributed by atoms with Crippen molar-refractivity contribution in [2.75, 3.05) is 7.11 Å². The van der Waals surface area contributed by atoms with Crippen LogP contribution < -0.4 is 10.1 Å². The monoisotopic (exact) mass is 306 g/mol. The Bertz CT molecular complexity index is 684. The van der Waals surface area contributed by atoms with Crippen molar-refractivity contribution in [2.45, 2.75) is 33.9 Å². The van der Waals surface area contributed by atoms with Gasteiger partial charge in [0.15, 0.2) is 0 Å². The lowest BCUT2D eigenvalue weighted by Gasteiger charge is -2.09. The lowest BCUT2D eigenvalue weighted by atomic mass is 9.96. The minimum Gasteiger partial charge on any atom is -0.497 e. The molecule has 0 N–H and O–H groups in total. The number of nitrogens with zero attached hydrogens (tertiary/aromatic N) is 1. The Hall–Kier alpha value is -2.24. The molecule has 0 saturated heterocycles. The second kappa shape index (κ2) is 7.85. The van der Waals surface area contributed by atoms with Crippen LogP contribution in [0.2, 0.25) is 0 Å². The van der Waals surface area contributed by atoms with Gasteiger partial charge in [-0.05, 0) is 50.1 Å². The normalized spacial score (nSPS) is 10.8. The number of ether oxygens (including phenoxy) is 1. The molecule has 0 aliphatic heterocycles. The molecular weight excluding hydrogens is 282 g/mol. The van der Waals surface area contributed by atoms with E-state index in [2.05, 4.69) is 50.1 Å². The van der Waals surface area contributed by atoms with Gasteiger partial charge < -0.3 is 4.74 Å². The smallest absolute Gasteiger partial charge is 0.118 e. The van der Waals surface area contributed by atoms with Crippen LogP contribution in [0.25, 0.3) is 0 Å². The number of rotatable bonds is 5. The first-order valence-electron chi connectivity index (χ1n) is 7.85. The first kappa shape index (κ1) is 17.1. The Morgan fingerprint density at radius 2 is 1.65 bits per heavy atom. The molecule has 0 atom stereocenters. The second-order valence-corrected chi connectivity index (χ2v) is 6.55. The van der Waals surface area contributed by atoms with Gasteiger partial charge in [-0.25, -0.2) is 5.32 Å². The standard InChI is InChI=1S/C21H24NO/c1-21(2,3)14-13-18-7-5-6-8-19(18)16-22-15-17-9-11-20(23-4)12-10-17/h5-12H,15-16H2,1-4H3. The quantitative estimate of drug-likeness (QED) is 0.751. The maximum Gasteiger partial charge on any atom is 0.118 e. The molecule has 0 heterocycles. The van der Waals surface area contributed by atoms with E-state index in [4.69, 9.17) is 4.74 Å². The van der Waals surface area contributed by atoms with Crippen LogP contribution in [-0.4, -0.2) is 7.11 Å². The predicted octanol–water partition coefficient (Wildman–Crippen LogP) is 4.40. The minimum atomic E-state index is 0.00729. The van der Waals surface area contributed by atoms with E-state index in [0.29, 0.717) is 13.1 Å². The number of methoxy groups -OCH3 is 1. The highest BCUT2D eigenvalue weighted by molar-refractivity contribution is 5.42. The summed E-state index contributed by atoms with van der Waals surface area (Å²) in [5, 5.41) is 4.66. The number of hydrogen-bond donors (Lipinski definition) is 0. The van der Waals surface area contributed by atoms with Gasteiger partial charge in [0.1, 0.15) is 5.75 Å². The van der Waals surface area contributed by atoms with E-state index in [1.165, 1.54) is 11.1 Å². The molecule has 2 aromatic rings. The highest BCUT2D eigenvalue weighted by atomic mass is 16.5. The van der Waals surface area contributed by atoms with Crippen LogP contribution in [0.15, 0.2) is 48.5 Å². The van der Waals surface area contributed by atoms with Crippen molar-refractivity contribution in [2.24, 2.45) is 5.41 Å². The van der Waals surface area contributed by atoms with Gasteiger partial charge in [-0.3, -0.25) is 0 Å². The molecule has 2 rings (SSSR count). The molecule has 2 nitrogen and oxygen atoms in total. The zero-order valence-corrected chi connectivity index (χ0v) is 14.4. The van der Waals surface area contributed by atoms with Gasteiger partial charge in [-0.1, -0.05) is 42.2 Å². The zero-order valence-electron chi connectivity index (χ0n) is 14.4. The minimum absolute atomic E-state index is 0.00729. The molecule has 1 radical (unpaired) electrons. The molecule has 0 bridgehead atoms. The summed E-state index contributed by atoms with van der Waals surface area (Å²) in [4.78, 5) is 0. The average Bonchev–Trinajstić information content (AvgIpc) is 2.54. The topological polar surface area (TPSA) is 23.3 Å². The van der Waals surface area contributed by atoms with E-state index in [-0.39, 0.29) is 5.41 Å². The fraction of sp³-hybridized carbons (Fsp3) is 0.333. The summed E-state index contributed by atoms with van der Waals surface area (Å²) >= 11 is 0. The van der Waals surface area contributed by atoms with Crippen molar-refractivity contribution in [3.05, 3.63) is 65.2 Å². The zero-order chi connectivity index (χ0) is 16.7. The summed E-state index contributed by atoms with van der Waals surface area (Å²) in [5.74, 6) is 7.46. The van der Waals surface area contributed by atoms with Crippen molar-refractivity contribution >= 4 is 0 Å². The summed E-state index contributed by atoms with van der Waals surface area (Å²) in [6.45, 7) is 7.75. The van der Waals surface area contributed by atoms with Crippen LogP contribution in [0.1, 0.15) is 37.5 Å². The highest BCUT2D eigenvalue weighted by Crippen LogP contribution is 2.14. The van der Waals surface area contributed by atoms with Gasteiger partial charge in [-0.15, -0.1) is 0 Å². The van der Waals surface area contributed by atoms with Crippen molar-refractivity contribution in [1.29, 1.82) is 0 Å².